The number of aryl methyl sites for hydroxylation is 1. The number of aliphatic hydroxyl groups is 1. The average molecular weight is 365 g/mol. The van der Waals surface area contributed by atoms with Crippen molar-refractivity contribution in [2.45, 2.75) is 50.7 Å². The SMILES string of the molecule is CC1(CO)CCc2cc3c(cnn3C3CCCCO3)c(Br)c21. The van der Waals surface area contributed by atoms with E-state index in [1.165, 1.54) is 17.5 Å². The van der Waals surface area contributed by atoms with Gasteiger partial charge in [0.05, 0.1) is 18.3 Å². The molecule has 2 unspecified atom stereocenters. The quantitative estimate of drug-likeness (QED) is 0.883. The Bertz CT molecular complexity index is 721. The maximum absolute atomic E-state index is 9.82. The van der Waals surface area contributed by atoms with Gasteiger partial charge in [-0.05, 0) is 65.2 Å². The number of halogens is 1. The molecule has 1 aromatic carbocycles. The highest BCUT2D eigenvalue weighted by Crippen LogP contribution is 2.46. The number of aliphatic hydroxyl groups excluding tert-OH is 1. The molecule has 2 aromatic rings. The molecule has 2 heterocycles. The van der Waals surface area contributed by atoms with Crippen LogP contribution in [0.1, 0.15) is 50.0 Å². The molecule has 0 spiro atoms. The second kappa shape index (κ2) is 5.32. The Labute approximate surface area is 138 Å². The summed E-state index contributed by atoms with van der Waals surface area (Å²) in [6, 6.07) is 2.25. The summed E-state index contributed by atoms with van der Waals surface area (Å²) in [6.07, 6.45) is 7.36. The van der Waals surface area contributed by atoms with Gasteiger partial charge in [0.1, 0.15) is 0 Å². The van der Waals surface area contributed by atoms with E-state index in [1.807, 2.05) is 10.9 Å². The molecule has 1 saturated heterocycles. The number of hydrogen-bond acceptors (Lipinski definition) is 3. The van der Waals surface area contributed by atoms with Crippen LogP contribution in [0, 0.1) is 0 Å². The van der Waals surface area contributed by atoms with E-state index in [2.05, 4.69) is 34.0 Å². The molecular weight excluding hydrogens is 344 g/mol. The third kappa shape index (κ3) is 2.06. The molecule has 4 rings (SSSR count). The highest BCUT2D eigenvalue weighted by molar-refractivity contribution is 9.10. The summed E-state index contributed by atoms with van der Waals surface area (Å²) >= 11 is 3.78. The summed E-state index contributed by atoms with van der Waals surface area (Å²) in [5.74, 6) is 0. The van der Waals surface area contributed by atoms with Crippen molar-refractivity contribution in [3.05, 3.63) is 27.9 Å². The molecule has 5 heteroatoms. The molecule has 1 fully saturated rings. The van der Waals surface area contributed by atoms with Gasteiger partial charge in [0.2, 0.25) is 0 Å². The van der Waals surface area contributed by atoms with Crippen molar-refractivity contribution in [1.82, 2.24) is 9.78 Å². The molecule has 118 valence electrons. The maximum Gasteiger partial charge on any atom is 0.150 e. The Hall–Kier alpha value is -0.910. The van der Waals surface area contributed by atoms with E-state index in [0.29, 0.717) is 0 Å². The Kier molecular flexibility index (Phi) is 3.55. The predicted molar refractivity (Wildman–Crippen MR) is 89.0 cm³/mol. The highest BCUT2D eigenvalue weighted by Gasteiger charge is 2.37. The largest absolute Gasteiger partial charge is 0.395 e. The molecule has 2 aliphatic rings. The Balaban J connectivity index is 1.87. The molecule has 0 radical (unpaired) electrons. The summed E-state index contributed by atoms with van der Waals surface area (Å²) in [6.45, 7) is 3.15. The molecule has 0 bridgehead atoms. The van der Waals surface area contributed by atoms with Gasteiger partial charge in [0.25, 0.3) is 0 Å². The number of fused-ring (bicyclic) bond motifs is 2. The second-order valence-corrected chi connectivity index (χ2v) is 7.58. The van der Waals surface area contributed by atoms with Gasteiger partial charge >= 0.3 is 0 Å². The normalized spacial score (nSPS) is 28.2. The molecule has 22 heavy (non-hydrogen) atoms. The van der Waals surface area contributed by atoms with E-state index in [1.54, 1.807) is 0 Å². The van der Waals surface area contributed by atoms with Crippen LogP contribution in [0.3, 0.4) is 0 Å². The molecular formula is C17H21BrN2O2. The first kappa shape index (κ1) is 14.7. The number of ether oxygens (including phenoxy) is 1. The average Bonchev–Trinajstić information content (AvgIpc) is 3.11. The first-order valence-corrected chi connectivity index (χ1v) is 8.85. The van der Waals surface area contributed by atoms with E-state index in [-0.39, 0.29) is 18.2 Å². The zero-order chi connectivity index (χ0) is 15.3. The van der Waals surface area contributed by atoms with Crippen molar-refractivity contribution in [2.24, 2.45) is 0 Å². The fourth-order valence-corrected chi connectivity index (χ4v) is 4.93. The van der Waals surface area contributed by atoms with E-state index in [4.69, 9.17) is 4.74 Å². The monoisotopic (exact) mass is 364 g/mol. The minimum atomic E-state index is -0.147. The number of hydrogen-bond donors (Lipinski definition) is 1. The van der Waals surface area contributed by atoms with Gasteiger partial charge < -0.3 is 9.84 Å². The Morgan fingerprint density at radius 3 is 3.09 bits per heavy atom. The summed E-state index contributed by atoms with van der Waals surface area (Å²) in [5, 5.41) is 15.5. The third-order valence-electron chi connectivity index (χ3n) is 5.25. The van der Waals surface area contributed by atoms with E-state index in [0.717, 1.165) is 47.7 Å². The number of nitrogens with zero attached hydrogens (tertiary/aromatic N) is 2. The van der Waals surface area contributed by atoms with Crippen LogP contribution in [0.25, 0.3) is 10.9 Å². The zero-order valence-electron chi connectivity index (χ0n) is 12.8. The minimum Gasteiger partial charge on any atom is -0.395 e. The van der Waals surface area contributed by atoms with Gasteiger partial charge in [-0.1, -0.05) is 6.92 Å². The van der Waals surface area contributed by atoms with Gasteiger partial charge in [-0.15, -0.1) is 0 Å². The van der Waals surface area contributed by atoms with E-state index >= 15 is 0 Å². The topological polar surface area (TPSA) is 47.3 Å². The first-order valence-electron chi connectivity index (χ1n) is 8.05. The van der Waals surface area contributed by atoms with Gasteiger partial charge in [0.15, 0.2) is 6.23 Å². The number of rotatable bonds is 2. The van der Waals surface area contributed by atoms with Gasteiger partial charge in [-0.3, -0.25) is 0 Å². The van der Waals surface area contributed by atoms with Crippen molar-refractivity contribution < 1.29 is 9.84 Å². The molecule has 0 amide bonds. The van der Waals surface area contributed by atoms with Gasteiger partial charge in [-0.2, -0.15) is 5.10 Å². The molecule has 1 aliphatic heterocycles. The van der Waals surface area contributed by atoms with Gasteiger partial charge in [0, 0.05) is 21.9 Å². The standard InChI is InChI=1S/C17H21BrN2O2/c1-17(10-21)6-5-11-8-13-12(16(18)15(11)17)9-19-20(13)14-4-2-3-7-22-14/h8-9,14,21H,2-7,10H2,1H3. The molecule has 1 N–H and O–H groups in total. The van der Waals surface area contributed by atoms with Crippen LogP contribution < -0.4 is 0 Å². The van der Waals surface area contributed by atoms with Crippen LogP contribution in [-0.4, -0.2) is 28.1 Å². The fourth-order valence-electron chi connectivity index (χ4n) is 3.89. The molecule has 1 aromatic heterocycles. The molecule has 0 saturated carbocycles. The van der Waals surface area contributed by atoms with Crippen LogP contribution in [0.5, 0.6) is 0 Å². The Morgan fingerprint density at radius 2 is 2.36 bits per heavy atom. The molecule has 4 nitrogen and oxygen atoms in total. The second-order valence-electron chi connectivity index (χ2n) is 6.79. The van der Waals surface area contributed by atoms with Crippen molar-refractivity contribution in [3.63, 3.8) is 0 Å². The summed E-state index contributed by atoms with van der Waals surface area (Å²) < 4.78 is 9.03. The van der Waals surface area contributed by atoms with Crippen molar-refractivity contribution in [1.29, 1.82) is 0 Å². The molecule has 1 aliphatic carbocycles. The third-order valence-corrected chi connectivity index (χ3v) is 6.07. The van der Waals surface area contributed by atoms with Gasteiger partial charge in [-0.25, -0.2) is 4.68 Å². The maximum atomic E-state index is 9.82. The summed E-state index contributed by atoms with van der Waals surface area (Å²) in [7, 11) is 0. The lowest BCUT2D eigenvalue weighted by Crippen LogP contribution is -2.23. The predicted octanol–water partition coefficient (Wildman–Crippen LogP) is 3.69. The zero-order valence-corrected chi connectivity index (χ0v) is 14.4. The molecule has 2 atom stereocenters. The lowest BCUT2D eigenvalue weighted by Gasteiger charge is -2.25. The van der Waals surface area contributed by atoms with E-state index < -0.39 is 0 Å². The van der Waals surface area contributed by atoms with Crippen LogP contribution in [0.15, 0.2) is 16.7 Å². The number of benzene rings is 1. The smallest absolute Gasteiger partial charge is 0.150 e. The summed E-state index contributed by atoms with van der Waals surface area (Å²) in [4.78, 5) is 0. The van der Waals surface area contributed by atoms with Crippen molar-refractivity contribution >= 4 is 26.8 Å². The van der Waals surface area contributed by atoms with Crippen LogP contribution in [-0.2, 0) is 16.6 Å². The number of aromatic nitrogens is 2. The fraction of sp³-hybridized carbons (Fsp3) is 0.588. The summed E-state index contributed by atoms with van der Waals surface area (Å²) in [5.41, 5.74) is 3.58. The minimum absolute atomic E-state index is 0.0572. The van der Waals surface area contributed by atoms with E-state index in [9.17, 15) is 5.11 Å². The lowest BCUT2D eigenvalue weighted by molar-refractivity contribution is -0.0366. The van der Waals surface area contributed by atoms with Crippen molar-refractivity contribution in [2.75, 3.05) is 13.2 Å². The highest BCUT2D eigenvalue weighted by atomic mass is 79.9. The van der Waals surface area contributed by atoms with Crippen LogP contribution >= 0.6 is 15.9 Å². The van der Waals surface area contributed by atoms with Crippen LogP contribution in [0.2, 0.25) is 0 Å². The van der Waals surface area contributed by atoms with Crippen LogP contribution in [0.4, 0.5) is 0 Å². The first-order chi connectivity index (χ1) is 10.6. The lowest BCUT2D eigenvalue weighted by atomic mass is 9.84. The Morgan fingerprint density at radius 1 is 1.50 bits per heavy atom. The van der Waals surface area contributed by atoms with Crippen molar-refractivity contribution in [3.8, 4) is 0 Å².